The highest BCUT2D eigenvalue weighted by molar-refractivity contribution is 5.96. The Hall–Kier alpha value is -3.13. The third kappa shape index (κ3) is 5.45. The van der Waals surface area contributed by atoms with Crippen molar-refractivity contribution in [2.45, 2.75) is 52.9 Å². The summed E-state index contributed by atoms with van der Waals surface area (Å²) in [6.07, 6.45) is 0.142. The Morgan fingerprint density at radius 2 is 1.59 bits per heavy atom. The Morgan fingerprint density at radius 1 is 1.00 bits per heavy atom. The zero-order valence-corrected chi connectivity index (χ0v) is 17.8. The van der Waals surface area contributed by atoms with Crippen LogP contribution in [-0.2, 0) is 9.59 Å². The maximum atomic E-state index is 12.5. The Morgan fingerprint density at radius 3 is 2.10 bits per heavy atom. The number of para-hydroxylation sites is 2. The molecule has 0 aliphatic heterocycles. The molecule has 1 N–H and O–H groups in total. The molecule has 0 unspecified atom stereocenters. The highest BCUT2D eigenvalue weighted by Gasteiger charge is 2.22. The lowest BCUT2D eigenvalue weighted by atomic mass is 9.91. The molecule has 0 aliphatic carbocycles. The van der Waals surface area contributed by atoms with Crippen LogP contribution in [-0.4, -0.2) is 18.4 Å². The molecule has 2 aromatic rings. The molecule has 29 heavy (non-hydrogen) atoms. The Labute approximate surface area is 173 Å². The molecule has 0 saturated heterocycles. The maximum absolute atomic E-state index is 12.5. The molecular formula is C24H29N3O2. The topological polar surface area (TPSA) is 73.2 Å². The molecule has 0 bridgehead atoms. The van der Waals surface area contributed by atoms with Crippen LogP contribution in [0.2, 0.25) is 0 Å². The molecule has 0 saturated carbocycles. The van der Waals surface area contributed by atoms with Crippen molar-refractivity contribution in [2.75, 3.05) is 16.8 Å². The van der Waals surface area contributed by atoms with Gasteiger partial charge < -0.3 is 10.2 Å². The van der Waals surface area contributed by atoms with Crippen LogP contribution in [0.25, 0.3) is 0 Å². The molecule has 0 spiro atoms. The molecular weight excluding hydrogens is 362 g/mol. The van der Waals surface area contributed by atoms with Crippen molar-refractivity contribution in [3.63, 3.8) is 0 Å². The number of rotatable bonds is 7. The number of nitriles is 1. The summed E-state index contributed by atoms with van der Waals surface area (Å²) < 4.78 is 0. The Kier molecular flexibility index (Phi) is 7.55. The average Bonchev–Trinajstić information content (AvgIpc) is 2.68. The van der Waals surface area contributed by atoms with Crippen molar-refractivity contribution in [1.82, 2.24) is 0 Å². The second kappa shape index (κ2) is 9.88. The quantitative estimate of drug-likeness (QED) is 0.706. The van der Waals surface area contributed by atoms with Crippen LogP contribution in [0.1, 0.15) is 69.6 Å². The first-order valence-electron chi connectivity index (χ1n) is 9.96. The number of carbonyl (C=O) groups excluding carboxylic acids is 2. The standard InChI is InChI=1S/C24H29N3O2/c1-16(2)20-10-8-11-21(17(3)4)24(20)27(18(5)28)14-13-23(29)26-22-12-7-6-9-19(22)15-25/h6-12,16-17H,13-14H2,1-5H3,(H,26,29). The summed E-state index contributed by atoms with van der Waals surface area (Å²) in [4.78, 5) is 26.7. The number of anilines is 2. The molecule has 0 aliphatic rings. The van der Waals surface area contributed by atoms with Crippen LogP contribution in [0, 0.1) is 11.3 Å². The van der Waals surface area contributed by atoms with E-state index in [9.17, 15) is 14.9 Å². The first kappa shape index (κ1) is 22.2. The van der Waals surface area contributed by atoms with Crippen molar-refractivity contribution >= 4 is 23.2 Å². The summed E-state index contributed by atoms with van der Waals surface area (Å²) in [5.41, 5.74) is 4.01. The van der Waals surface area contributed by atoms with E-state index in [0.717, 1.165) is 16.8 Å². The average molecular weight is 392 g/mol. The predicted octanol–water partition coefficient (Wildman–Crippen LogP) is 5.19. The number of amides is 2. The van der Waals surface area contributed by atoms with Crippen LogP contribution in [0.15, 0.2) is 42.5 Å². The number of hydrogen-bond acceptors (Lipinski definition) is 3. The summed E-state index contributed by atoms with van der Waals surface area (Å²) in [6.45, 7) is 10.2. The number of hydrogen-bond donors (Lipinski definition) is 1. The van der Waals surface area contributed by atoms with Crippen molar-refractivity contribution in [3.8, 4) is 6.07 Å². The summed E-state index contributed by atoms with van der Waals surface area (Å²) in [5, 5.41) is 12.0. The largest absolute Gasteiger partial charge is 0.325 e. The molecule has 0 aromatic heterocycles. The third-order valence-corrected chi connectivity index (χ3v) is 4.88. The smallest absolute Gasteiger partial charge is 0.226 e. The van der Waals surface area contributed by atoms with Gasteiger partial charge in [0.15, 0.2) is 0 Å². The fraction of sp³-hybridized carbons (Fsp3) is 0.375. The summed E-state index contributed by atoms with van der Waals surface area (Å²) in [6, 6.07) is 15.1. The van der Waals surface area contributed by atoms with Gasteiger partial charge >= 0.3 is 0 Å². The number of carbonyl (C=O) groups is 2. The molecule has 5 nitrogen and oxygen atoms in total. The molecule has 5 heteroatoms. The first-order chi connectivity index (χ1) is 13.8. The summed E-state index contributed by atoms with van der Waals surface area (Å²) in [7, 11) is 0. The van der Waals surface area contributed by atoms with Gasteiger partial charge in [0.2, 0.25) is 11.8 Å². The minimum atomic E-state index is -0.230. The minimum absolute atomic E-state index is 0.0924. The van der Waals surface area contributed by atoms with E-state index in [2.05, 4.69) is 39.1 Å². The van der Waals surface area contributed by atoms with Crippen molar-refractivity contribution in [1.29, 1.82) is 5.26 Å². The van der Waals surface area contributed by atoms with Crippen LogP contribution in [0.3, 0.4) is 0 Å². The van der Waals surface area contributed by atoms with Crippen molar-refractivity contribution < 1.29 is 9.59 Å². The highest BCUT2D eigenvalue weighted by atomic mass is 16.2. The Balaban J connectivity index is 2.27. The lowest BCUT2D eigenvalue weighted by Gasteiger charge is -2.29. The minimum Gasteiger partial charge on any atom is -0.325 e. The van der Waals surface area contributed by atoms with Gasteiger partial charge in [-0.05, 0) is 35.1 Å². The number of nitrogens with zero attached hydrogens (tertiary/aromatic N) is 2. The van der Waals surface area contributed by atoms with Crippen LogP contribution >= 0.6 is 0 Å². The lowest BCUT2D eigenvalue weighted by Crippen LogP contribution is -2.34. The number of benzene rings is 2. The van der Waals surface area contributed by atoms with Gasteiger partial charge in [-0.1, -0.05) is 58.0 Å². The van der Waals surface area contributed by atoms with Gasteiger partial charge in [0, 0.05) is 19.9 Å². The summed E-state index contributed by atoms with van der Waals surface area (Å²) >= 11 is 0. The van der Waals surface area contributed by atoms with Gasteiger partial charge in [0.1, 0.15) is 6.07 Å². The number of nitrogens with one attached hydrogen (secondary N) is 1. The van der Waals surface area contributed by atoms with Crippen molar-refractivity contribution in [2.24, 2.45) is 0 Å². The van der Waals surface area contributed by atoms with Crippen LogP contribution in [0.4, 0.5) is 11.4 Å². The molecule has 0 atom stereocenters. The van der Waals surface area contributed by atoms with Gasteiger partial charge in [-0.15, -0.1) is 0 Å². The molecule has 0 radical (unpaired) electrons. The van der Waals surface area contributed by atoms with Crippen LogP contribution < -0.4 is 10.2 Å². The zero-order valence-electron chi connectivity index (χ0n) is 17.8. The van der Waals surface area contributed by atoms with Crippen molar-refractivity contribution in [3.05, 3.63) is 59.2 Å². The van der Waals surface area contributed by atoms with Gasteiger partial charge in [-0.3, -0.25) is 9.59 Å². The predicted molar refractivity (Wildman–Crippen MR) is 117 cm³/mol. The van der Waals surface area contributed by atoms with E-state index in [-0.39, 0.29) is 36.6 Å². The highest BCUT2D eigenvalue weighted by Crippen LogP contribution is 2.35. The fourth-order valence-corrected chi connectivity index (χ4v) is 3.37. The Bertz CT molecular complexity index is 900. The second-order valence-corrected chi connectivity index (χ2v) is 7.72. The zero-order chi connectivity index (χ0) is 21.6. The van der Waals surface area contributed by atoms with Crippen LogP contribution in [0.5, 0.6) is 0 Å². The third-order valence-electron chi connectivity index (χ3n) is 4.88. The second-order valence-electron chi connectivity index (χ2n) is 7.72. The SMILES string of the molecule is CC(=O)N(CCC(=O)Nc1ccccc1C#N)c1c(C(C)C)cccc1C(C)C. The molecule has 152 valence electrons. The van der Waals surface area contributed by atoms with E-state index in [1.807, 2.05) is 18.2 Å². The maximum Gasteiger partial charge on any atom is 0.226 e. The first-order valence-corrected chi connectivity index (χ1v) is 9.96. The van der Waals surface area contributed by atoms with E-state index in [0.29, 0.717) is 11.3 Å². The van der Waals surface area contributed by atoms with Gasteiger partial charge in [0.05, 0.1) is 16.9 Å². The monoisotopic (exact) mass is 391 g/mol. The molecule has 2 aromatic carbocycles. The van der Waals surface area contributed by atoms with Gasteiger partial charge in [-0.25, -0.2) is 0 Å². The molecule has 0 fully saturated rings. The van der Waals surface area contributed by atoms with Gasteiger partial charge in [-0.2, -0.15) is 5.26 Å². The van der Waals surface area contributed by atoms with E-state index >= 15 is 0 Å². The normalized spacial score (nSPS) is 10.7. The van der Waals surface area contributed by atoms with E-state index in [1.54, 1.807) is 29.2 Å². The molecule has 2 rings (SSSR count). The molecule has 0 heterocycles. The van der Waals surface area contributed by atoms with E-state index in [4.69, 9.17) is 0 Å². The van der Waals surface area contributed by atoms with E-state index in [1.165, 1.54) is 6.92 Å². The lowest BCUT2D eigenvalue weighted by molar-refractivity contribution is -0.117. The van der Waals surface area contributed by atoms with E-state index < -0.39 is 0 Å². The molecule has 2 amide bonds. The van der Waals surface area contributed by atoms with Gasteiger partial charge in [0.25, 0.3) is 0 Å². The fourth-order valence-electron chi connectivity index (χ4n) is 3.37. The summed E-state index contributed by atoms with van der Waals surface area (Å²) in [5.74, 6) is 0.182.